The Hall–Kier alpha value is -0.530. The van der Waals surface area contributed by atoms with Crippen LogP contribution in [-0.2, 0) is 4.79 Å². The molecule has 1 amide bonds. The second kappa shape index (κ2) is 14.5. The molecule has 0 fully saturated rings. The molecule has 0 aromatic carbocycles. The van der Waals surface area contributed by atoms with Crippen LogP contribution < -0.4 is 5.32 Å². The third-order valence-electron chi connectivity index (χ3n) is 3.26. The number of unbranched alkanes of at least 4 members (excludes halogenated alkanes) is 9. The van der Waals surface area contributed by atoms with Crippen molar-refractivity contribution in [2.24, 2.45) is 0 Å². The van der Waals surface area contributed by atoms with Crippen LogP contribution in [0.3, 0.4) is 0 Å². The Morgan fingerprint density at radius 1 is 0.889 bits per heavy atom. The van der Waals surface area contributed by atoms with Crippen LogP contribution >= 0.6 is 0 Å². The molecule has 0 heterocycles. The van der Waals surface area contributed by atoms with E-state index in [1.165, 1.54) is 57.8 Å². The minimum absolute atomic E-state index is 0.193. The lowest BCUT2D eigenvalue weighted by molar-refractivity contribution is -0.121. The van der Waals surface area contributed by atoms with Gasteiger partial charge in [-0.3, -0.25) is 4.79 Å². The predicted octanol–water partition coefficient (Wildman–Crippen LogP) is 4.64. The lowest BCUT2D eigenvalue weighted by atomic mass is 10.1. The molecule has 0 aliphatic heterocycles. The molecule has 0 saturated carbocycles. The number of carbonyl (C=O) groups excluding carboxylic acids is 1. The highest BCUT2D eigenvalue weighted by molar-refractivity contribution is 5.75. The lowest BCUT2D eigenvalue weighted by Crippen LogP contribution is -2.23. The predicted molar refractivity (Wildman–Crippen MR) is 79.4 cm³/mol. The van der Waals surface area contributed by atoms with Crippen molar-refractivity contribution >= 4 is 5.91 Å². The molecular formula is C16H32NO. The highest BCUT2D eigenvalue weighted by atomic mass is 16.1. The Labute approximate surface area is 114 Å². The zero-order chi connectivity index (χ0) is 13.5. The van der Waals surface area contributed by atoms with Crippen LogP contribution in [0, 0.1) is 6.92 Å². The van der Waals surface area contributed by atoms with Crippen molar-refractivity contribution in [3.8, 4) is 0 Å². The number of hydrogen-bond donors (Lipinski definition) is 1. The van der Waals surface area contributed by atoms with E-state index in [4.69, 9.17) is 0 Å². The molecule has 0 aliphatic carbocycles. The van der Waals surface area contributed by atoms with Crippen LogP contribution in [0.5, 0.6) is 0 Å². The van der Waals surface area contributed by atoms with Crippen molar-refractivity contribution in [3.05, 3.63) is 6.92 Å². The number of rotatable bonds is 13. The van der Waals surface area contributed by atoms with Crippen molar-refractivity contribution in [2.45, 2.75) is 84.0 Å². The molecule has 0 saturated heterocycles. The van der Waals surface area contributed by atoms with Crippen LogP contribution in [0.2, 0.25) is 0 Å². The van der Waals surface area contributed by atoms with Gasteiger partial charge in [0.1, 0.15) is 0 Å². The van der Waals surface area contributed by atoms with Crippen molar-refractivity contribution in [1.82, 2.24) is 5.32 Å². The van der Waals surface area contributed by atoms with E-state index in [0.717, 1.165) is 19.4 Å². The molecule has 18 heavy (non-hydrogen) atoms. The normalized spacial score (nSPS) is 10.6. The van der Waals surface area contributed by atoms with Crippen molar-refractivity contribution in [3.63, 3.8) is 0 Å². The maximum Gasteiger partial charge on any atom is 0.219 e. The number of amides is 1. The van der Waals surface area contributed by atoms with Gasteiger partial charge >= 0.3 is 0 Å². The highest BCUT2D eigenvalue weighted by Gasteiger charge is 1.99. The average molecular weight is 254 g/mol. The van der Waals surface area contributed by atoms with Gasteiger partial charge in [-0.15, -0.1) is 0 Å². The van der Waals surface area contributed by atoms with E-state index in [1.54, 1.807) is 0 Å². The van der Waals surface area contributed by atoms with E-state index in [-0.39, 0.29) is 5.91 Å². The first-order chi connectivity index (χ1) is 8.81. The molecule has 107 valence electrons. The Morgan fingerprint density at radius 3 is 1.89 bits per heavy atom. The smallest absolute Gasteiger partial charge is 0.219 e. The van der Waals surface area contributed by atoms with Crippen LogP contribution in [0.15, 0.2) is 0 Å². The molecule has 0 rings (SSSR count). The summed E-state index contributed by atoms with van der Waals surface area (Å²) in [6.07, 6.45) is 14.6. The third-order valence-corrected chi connectivity index (χ3v) is 3.26. The first kappa shape index (κ1) is 17.5. The molecule has 0 spiro atoms. The average Bonchev–Trinajstić information content (AvgIpc) is 2.38. The second-order valence-corrected chi connectivity index (χ2v) is 5.14. The summed E-state index contributed by atoms with van der Waals surface area (Å²) in [6.45, 7) is 6.68. The second-order valence-electron chi connectivity index (χ2n) is 5.14. The third kappa shape index (κ3) is 13.5. The van der Waals surface area contributed by atoms with E-state index in [9.17, 15) is 4.79 Å². The number of carbonyl (C=O) groups is 1. The zero-order valence-corrected chi connectivity index (χ0v) is 12.3. The summed E-state index contributed by atoms with van der Waals surface area (Å²) in [5.74, 6) is 0.193. The van der Waals surface area contributed by atoms with Crippen LogP contribution in [0.1, 0.15) is 84.0 Å². The summed E-state index contributed by atoms with van der Waals surface area (Å²) >= 11 is 0. The summed E-state index contributed by atoms with van der Waals surface area (Å²) < 4.78 is 0. The quantitative estimate of drug-likeness (QED) is 0.477. The number of hydrogen-bond acceptors (Lipinski definition) is 1. The molecule has 1 radical (unpaired) electrons. The van der Waals surface area contributed by atoms with Gasteiger partial charge in [-0.25, -0.2) is 0 Å². The van der Waals surface area contributed by atoms with E-state index in [1.807, 2.05) is 0 Å². The van der Waals surface area contributed by atoms with Crippen molar-refractivity contribution in [2.75, 3.05) is 6.54 Å². The minimum Gasteiger partial charge on any atom is -0.356 e. The maximum absolute atomic E-state index is 11.3. The fourth-order valence-electron chi connectivity index (χ4n) is 2.09. The molecule has 0 atom stereocenters. The summed E-state index contributed by atoms with van der Waals surface area (Å²) in [5, 5.41) is 2.86. The van der Waals surface area contributed by atoms with E-state index < -0.39 is 0 Å². The zero-order valence-electron chi connectivity index (χ0n) is 12.3. The summed E-state index contributed by atoms with van der Waals surface area (Å²) in [7, 11) is 0. The Kier molecular flexibility index (Phi) is 14.1. The topological polar surface area (TPSA) is 29.1 Å². The monoisotopic (exact) mass is 254 g/mol. The molecule has 1 N–H and O–H groups in total. The molecule has 0 aromatic rings. The minimum atomic E-state index is 0.193. The molecule has 0 unspecified atom stereocenters. The van der Waals surface area contributed by atoms with Gasteiger partial charge in [0.15, 0.2) is 0 Å². The van der Waals surface area contributed by atoms with Gasteiger partial charge in [-0.05, 0) is 12.8 Å². The summed E-state index contributed by atoms with van der Waals surface area (Å²) in [6, 6.07) is 0. The van der Waals surface area contributed by atoms with Crippen LogP contribution in [0.4, 0.5) is 0 Å². The van der Waals surface area contributed by atoms with Gasteiger partial charge in [0, 0.05) is 13.0 Å². The van der Waals surface area contributed by atoms with Crippen molar-refractivity contribution in [1.29, 1.82) is 0 Å². The molecular weight excluding hydrogens is 222 g/mol. The molecule has 2 nitrogen and oxygen atoms in total. The first-order valence-corrected chi connectivity index (χ1v) is 7.87. The van der Waals surface area contributed by atoms with Gasteiger partial charge in [-0.2, -0.15) is 0 Å². The molecule has 0 aromatic heterocycles. The molecule has 0 aliphatic rings. The number of nitrogens with one attached hydrogen (secondary N) is 1. The van der Waals surface area contributed by atoms with Gasteiger partial charge in [0.2, 0.25) is 5.91 Å². The maximum atomic E-state index is 11.3. The largest absolute Gasteiger partial charge is 0.356 e. The van der Waals surface area contributed by atoms with Crippen molar-refractivity contribution < 1.29 is 4.79 Å². The Balaban J connectivity index is 3.04. The summed E-state index contributed by atoms with van der Waals surface area (Å²) in [5.41, 5.74) is 0. The molecule has 0 bridgehead atoms. The van der Waals surface area contributed by atoms with E-state index in [2.05, 4.69) is 19.2 Å². The Morgan fingerprint density at radius 2 is 1.39 bits per heavy atom. The van der Waals surface area contributed by atoms with E-state index >= 15 is 0 Å². The fourth-order valence-corrected chi connectivity index (χ4v) is 2.09. The standard InChI is InChI=1S/C16H32NO/c1-3-5-6-7-8-9-10-11-12-13-14-16(18)17-15-4-2/h2-15H2,1H3,(H,17,18). The Bertz CT molecular complexity index is 180. The SMILES string of the molecule is [CH2]CCNC(=O)CCCCCCCCCCCC. The summed E-state index contributed by atoms with van der Waals surface area (Å²) in [4.78, 5) is 11.3. The van der Waals surface area contributed by atoms with Gasteiger partial charge in [0.05, 0.1) is 0 Å². The van der Waals surface area contributed by atoms with E-state index in [0.29, 0.717) is 6.42 Å². The fraction of sp³-hybridized carbons (Fsp3) is 0.875. The van der Waals surface area contributed by atoms with Gasteiger partial charge < -0.3 is 5.32 Å². The van der Waals surface area contributed by atoms with Gasteiger partial charge in [0.25, 0.3) is 0 Å². The van der Waals surface area contributed by atoms with Crippen LogP contribution in [0.25, 0.3) is 0 Å². The molecule has 2 heteroatoms. The van der Waals surface area contributed by atoms with Gasteiger partial charge in [-0.1, -0.05) is 71.6 Å². The highest BCUT2D eigenvalue weighted by Crippen LogP contribution is 2.11. The van der Waals surface area contributed by atoms with Crippen LogP contribution in [-0.4, -0.2) is 12.5 Å². The first-order valence-electron chi connectivity index (χ1n) is 7.87. The lowest BCUT2D eigenvalue weighted by Gasteiger charge is -2.03.